The third-order valence-electron chi connectivity index (χ3n) is 9.89. The van der Waals surface area contributed by atoms with Crippen molar-refractivity contribution in [3.05, 3.63) is 108 Å². The van der Waals surface area contributed by atoms with Crippen LogP contribution in [0.1, 0.15) is 140 Å². The van der Waals surface area contributed by atoms with Crippen LogP contribution in [0.5, 0.6) is 0 Å². The standard InChI is InChI=1S/C43H62O3/c1-3-4-5-6-7-8-9-10-11-12-13-17-26-38(27-24-35-44-42(2)34-25-36-45-42)37-46-43(39-28-18-14-19-29-39,40-30-20-15-21-31-40)41-32-22-16-23-33-41/h14-16,18-23,28-33,38H,3-13,17,24-27,34-37H2,1-2H3. The van der Waals surface area contributed by atoms with Crippen LogP contribution in [0.25, 0.3) is 0 Å². The number of unbranched alkanes of at least 4 members (excludes halogenated alkanes) is 11. The van der Waals surface area contributed by atoms with E-state index in [1.807, 2.05) is 0 Å². The van der Waals surface area contributed by atoms with E-state index in [9.17, 15) is 0 Å². The van der Waals surface area contributed by atoms with Gasteiger partial charge in [0, 0.05) is 6.42 Å². The molecule has 2 unspecified atom stereocenters. The lowest BCUT2D eigenvalue weighted by Crippen LogP contribution is -2.35. The van der Waals surface area contributed by atoms with Crippen LogP contribution in [0.4, 0.5) is 0 Å². The number of hydrogen-bond donors (Lipinski definition) is 0. The summed E-state index contributed by atoms with van der Waals surface area (Å²) in [6, 6.07) is 32.4. The molecule has 0 radical (unpaired) electrons. The maximum Gasteiger partial charge on any atom is 0.165 e. The van der Waals surface area contributed by atoms with Crippen molar-refractivity contribution >= 4 is 0 Å². The van der Waals surface area contributed by atoms with Crippen molar-refractivity contribution < 1.29 is 14.2 Å². The zero-order valence-electron chi connectivity index (χ0n) is 29.1. The fourth-order valence-corrected chi connectivity index (χ4v) is 7.12. The molecule has 3 aromatic rings. The molecular weight excluding hydrogens is 564 g/mol. The van der Waals surface area contributed by atoms with Crippen LogP contribution in [-0.4, -0.2) is 25.6 Å². The van der Waals surface area contributed by atoms with Gasteiger partial charge < -0.3 is 14.2 Å². The van der Waals surface area contributed by atoms with Gasteiger partial charge in [0.25, 0.3) is 0 Å². The molecule has 0 bridgehead atoms. The van der Waals surface area contributed by atoms with E-state index >= 15 is 0 Å². The van der Waals surface area contributed by atoms with E-state index < -0.39 is 11.4 Å². The van der Waals surface area contributed by atoms with Crippen LogP contribution >= 0.6 is 0 Å². The minimum atomic E-state index is -0.666. The molecule has 3 heteroatoms. The molecule has 3 nitrogen and oxygen atoms in total. The lowest BCUT2D eigenvalue weighted by molar-refractivity contribution is -0.197. The van der Waals surface area contributed by atoms with E-state index in [2.05, 4.69) is 105 Å². The van der Waals surface area contributed by atoms with Gasteiger partial charge in [-0.1, -0.05) is 175 Å². The third-order valence-corrected chi connectivity index (χ3v) is 9.89. The average molecular weight is 627 g/mol. The van der Waals surface area contributed by atoms with E-state index in [4.69, 9.17) is 14.2 Å². The van der Waals surface area contributed by atoms with Gasteiger partial charge in [-0.25, -0.2) is 0 Å². The van der Waals surface area contributed by atoms with Crippen molar-refractivity contribution in [2.75, 3.05) is 19.8 Å². The van der Waals surface area contributed by atoms with E-state index in [-0.39, 0.29) is 0 Å². The monoisotopic (exact) mass is 626 g/mol. The first-order valence-corrected chi connectivity index (χ1v) is 18.7. The highest BCUT2D eigenvalue weighted by atomic mass is 16.7. The molecule has 3 aromatic carbocycles. The minimum absolute atomic E-state index is 0.398. The molecule has 1 fully saturated rings. The summed E-state index contributed by atoms with van der Waals surface area (Å²) in [6.45, 7) is 6.66. The Morgan fingerprint density at radius 1 is 0.630 bits per heavy atom. The Morgan fingerprint density at radius 3 is 1.54 bits per heavy atom. The number of rotatable bonds is 24. The van der Waals surface area contributed by atoms with Crippen molar-refractivity contribution in [1.82, 2.24) is 0 Å². The highest BCUT2D eigenvalue weighted by Crippen LogP contribution is 2.41. The average Bonchev–Trinajstić information content (AvgIpc) is 3.54. The first kappa shape index (κ1) is 36.4. The van der Waals surface area contributed by atoms with Crippen LogP contribution in [0.3, 0.4) is 0 Å². The molecule has 1 saturated heterocycles. The molecule has 0 saturated carbocycles. The Labute approximate surface area is 281 Å². The molecule has 1 heterocycles. The number of hydrogen-bond acceptors (Lipinski definition) is 3. The first-order chi connectivity index (χ1) is 22.7. The van der Waals surface area contributed by atoms with E-state index in [0.29, 0.717) is 12.5 Å². The summed E-state index contributed by atoms with van der Waals surface area (Å²) in [5, 5.41) is 0. The summed E-state index contributed by atoms with van der Waals surface area (Å²) in [5.41, 5.74) is 2.85. The number of ether oxygens (including phenoxy) is 3. The molecular formula is C43H62O3. The van der Waals surface area contributed by atoms with Gasteiger partial charge in [0.15, 0.2) is 5.79 Å². The Bertz CT molecular complexity index is 1060. The van der Waals surface area contributed by atoms with E-state index in [1.165, 1.54) is 100 Å². The quantitative estimate of drug-likeness (QED) is 0.0731. The highest BCUT2D eigenvalue weighted by molar-refractivity contribution is 5.47. The van der Waals surface area contributed by atoms with Crippen molar-refractivity contribution in [3.63, 3.8) is 0 Å². The predicted octanol–water partition coefficient (Wildman–Crippen LogP) is 12.0. The van der Waals surface area contributed by atoms with Gasteiger partial charge in [0.2, 0.25) is 0 Å². The molecule has 1 aliphatic heterocycles. The van der Waals surface area contributed by atoms with Crippen molar-refractivity contribution in [3.8, 4) is 0 Å². The largest absolute Gasteiger partial charge is 0.361 e. The van der Waals surface area contributed by atoms with Gasteiger partial charge in [-0.05, 0) is 55.2 Å². The molecule has 0 amide bonds. The van der Waals surface area contributed by atoms with E-state index in [0.717, 1.165) is 38.9 Å². The Hall–Kier alpha value is -2.46. The van der Waals surface area contributed by atoms with Crippen molar-refractivity contribution in [2.45, 2.75) is 134 Å². The molecule has 46 heavy (non-hydrogen) atoms. The molecule has 0 aliphatic carbocycles. The summed E-state index contributed by atoms with van der Waals surface area (Å²) in [7, 11) is 0. The van der Waals surface area contributed by atoms with Gasteiger partial charge in [0.1, 0.15) is 5.60 Å². The lowest BCUT2D eigenvalue weighted by Gasteiger charge is -2.37. The second kappa shape index (κ2) is 20.7. The maximum absolute atomic E-state index is 7.29. The highest BCUT2D eigenvalue weighted by Gasteiger charge is 2.38. The summed E-state index contributed by atoms with van der Waals surface area (Å²) < 4.78 is 19.4. The Morgan fingerprint density at radius 2 is 1.09 bits per heavy atom. The van der Waals surface area contributed by atoms with Gasteiger partial charge in [-0.3, -0.25) is 0 Å². The predicted molar refractivity (Wildman–Crippen MR) is 193 cm³/mol. The van der Waals surface area contributed by atoms with E-state index in [1.54, 1.807) is 0 Å². The van der Waals surface area contributed by atoms with Gasteiger partial charge in [0.05, 0.1) is 19.8 Å². The van der Waals surface area contributed by atoms with Crippen molar-refractivity contribution in [2.24, 2.45) is 5.92 Å². The van der Waals surface area contributed by atoms with Gasteiger partial charge >= 0.3 is 0 Å². The molecule has 1 aliphatic rings. The van der Waals surface area contributed by atoms with Crippen LogP contribution < -0.4 is 0 Å². The van der Waals surface area contributed by atoms with Gasteiger partial charge in [-0.2, -0.15) is 0 Å². The van der Waals surface area contributed by atoms with Gasteiger partial charge in [-0.15, -0.1) is 0 Å². The summed E-state index contributed by atoms with van der Waals surface area (Å²) in [5.74, 6) is 0.0736. The van der Waals surface area contributed by atoms with Crippen molar-refractivity contribution in [1.29, 1.82) is 0 Å². The smallest absolute Gasteiger partial charge is 0.165 e. The molecule has 0 N–H and O–H groups in total. The summed E-state index contributed by atoms with van der Waals surface area (Å²) >= 11 is 0. The van der Waals surface area contributed by atoms with Crippen LogP contribution in [0.2, 0.25) is 0 Å². The molecule has 0 aromatic heterocycles. The fraction of sp³-hybridized carbons (Fsp3) is 0.581. The van der Waals surface area contributed by atoms with Crippen LogP contribution in [0.15, 0.2) is 91.0 Å². The fourth-order valence-electron chi connectivity index (χ4n) is 7.12. The maximum atomic E-state index is 7.29. The number of benzene rings is 3. The third kappa shape index (κ3) is 11.7. The summed E-state index contributed by atoms with van der Waals surface area (Å²) in [6.07, 6.45) is 21.9. The molecule has 0 spiro atoms. The normalized spacial score (nSPS) is 17.3. The second-order valence-electron chi connectivity index (χ2n) is 13.7. The van der Waals surface area contributed by atoms with Crippen LogP contribution in [0, 0.1) is 5.92 Å². The molecule has 2 atom stereocenters. The lowest BCUT2D eigenvalue weighted by atomic mass is 9.80. The molecule has 4 rings (SSSR count). The molecule has 252 valence electrons. The topological polar surface area (TPSA) is 27.7 Å². The zero-order chi connectivity index (χ0) is 32.2. The Kier molecular flexibility index (Phi) is 16.4. The first-order valence-electron chi connectivity index (χ1n) is 18.7. The Balaban J connectivity index is 1.38. The van der Waals surface area contributed by atoms with Crippen LogP contribution in [-0.2, 0) is 19.8 Å². The second-order valence-corrected chi connectivity index (χ2v) is 13.7. The SMILES string of the molecule is CCCCCCCCCCCCCCC(CCCOC1(C)CCCO1)COC(c1ccccc1)(c1ccccc1)c1ccccc1. The zero-order valence-corrected chi connectivity index (χ0v) is 29.1. The minimum Gasteiger partial charge on any atom is -0.361 e. The summed E-state index contributed by atoms with van der Waals surface area (Å²) in [4.78, 5) is 0.